The monoisotopic (exact) mass is 281 g/mol. The summed E-state index contributed by atoms with van der Waals surface area (Å²) in [5.41, 5.74) is -0.507. The lowest BCUT2D eigenvalue weighted by Gasteiger charge is -2.28. The van der Waals surface area contributed by atoms with Gasteiger partial charge >= 0.3 is 5.56 Å². The Morgan fingerprint density at radius 3 is 2.90 bits per heavy atom. The van der Waals surface area contributed by atoms with E-state index in [1.54, 1.807) is 17.0 Å². The van der Waals surface area contributed by atoms with Crippen molar-refractivity contribution < 1.29 is 9.47 Å². The molecule has 1 aromatic rings. The quantitative estimate of drug-likeness (QED) is 0.886. The van der Waals surface area contributed by atoms with Crippen LogP contribution in [0.25, 0.3) is 0 Å². The summed E-state index contributed by atoms with van der Waals surface area (Å²) >= 11 is 0. The summed E-state index contributed by atoms with van der Waals surface area (Å²) in [7, 11) is 0. The largest absolute Gasteiger partial charge is 0.471 e. The van der Waals surface area contributed by atoms with Gasteiger partial charge in [0.25, 0.3) is 5.88 Å². The van der Waals surface area contributed by atoms with E-state index >= 15 is 0 Å². The van der Waals surface area contributed by atoms with E-state index in [9.17, 15) is 4.79 Å². The zero-order valence-corrected chi connectivity index (χ0v) is 12.5. The van der Waals surface area contributed by atoms with Gasteiger partial charge in [0.2, 0.25) is 0 Å². The van der Waals surface area contributed by atoms with Gasteiger partial charge in [0, 0.05) is 31.0 Å². The second-order valence-electron chi connectivity index (χ2n) is 6.12. The van der Waals surface area contributed by atoms with Crippen molar-refractivity contribution in [1.29, 1.82) is 0 Å². The van der Waals surface area contributed by atoms with Gasteiger partial charge in [-0.1, -0.05) is 0 Å². The fourth-order valence-corrected chi connectivity index (χ4v) is 2.16. The molecule has 2 rings (SSSR count). The molecule has 2 unspecified atom stereocenters. The van der Waals surface area contributed by atoms with Crippen LogP contribution < -0.4 is 15.6 Å². The minimum absolute atomic E-state index is 0.0526. The van der Waals surface area contributed by atoms with Crippen molar-refractivity contribution in [3.63, 3.8) is 0 Å². The molecule has 112 valence electrons. The minimum Gasteiger partial charge on any atom is -0.471 e. The molecule has 0 amide bonds. The minimum atomic E-state index is -0.296. The fourth-order valence-electron chi connectivity index (χ4n) is 2.16. The maximum Gasteiger partial charge on any atom is 0.313 e. The number of hydrogen-bond donors (Lipinski definition) is 1. The van der Waals surface area contributed by atoms with E-state index in [0.717, 1.165) is 13.1 Å². The van der Waals surface area contributed by atoms with Gasteiger partial charge in [0.15, 0.2) is 0 Å². The predicted octanol–water partition coefficient (Wildman–Crippen LogP) is 0.754. The van der Waals surface area contributed by atoms with E-state index in [1.807, 2.05) is 27.7 Å². The fraction of sp³-hybridized carbons (Fsp3) is 0.714. The lowest BCUT2D eigenvalue weighted by Crippen LogP contribution is -2.46. The van der Waals surface area contributed by atoms with Crippen LogP contribution in [-0.2, 0) is 10.3 Å². The van der Waals surface area contributed by atoms with Gasteiger partial charge in [-0.2, -0.15) is 0 Å². The third-order valence-corrected chi connectivity index (χ3v) is 3.17. The molecule has 0 bridgehead atoms. The Kier molecular flexibility index (Phi) is 4.45. The molecule has 20 heavy (non-hydrogen) atoms. The Balaban J connectivity index is 2.05. The smallest absolute Gasteiger partial charge is 0.313 e. The van der Waals surface area contributed by atoms with Gasteiger partial charge in [-0.3, -0.25) is 4.79 Å². The highest BCUT2D eigenvalue weighted by Gasteiger charge is 2.21. The zero-order valence-electron chi connectivity index (χ0n) is 12.5. The Labute approximate surface area is 119 Å². The van der Waals surface area contributed by atoms with Crippen LogP contribution in [0.3, 0.4) is 0 Å². The molecular weight excluding hydrogens is 258 g/mol. The summed E-state index contributed by atoms with van der Waals surface area (Å²) in [6.07, 6.45) is 3.37. The number of hydrogen-bond acceptors (Lipinski definition) is 5. The van der Waals surface area contributed by atoms with E-state index in [4.69, 9.17) is 9.47 Å². The first-order valence-corrected chi connectivity index (χ1v) is 6.95. The van der Waals surface area contributed by atoms with Gasteiger partial charge in [-0.25, -0.2) is 4.98 Å². The van der Waals surface area contributed by atoms with E-state index in [1.165, 1.54) is 0 Å². The molecule has 2 atom stereocenters. The molecule has 1 aliphatic heterocycles. The molecular formula is C14H23N3O3. The molecule has 6 nitrogen and oxygen atoms in total. The maximum atomic E-state index is 12.3. The van der Waals surface area contributed by atoms with Gasteiger partial charge in [-0.05, 0) is 27.7 Å². The van der Waals surface area contributed by atoms with Crippen LogP contribution in [0, 0.1) is 0 Å². The number of morpholine rings is 1. The van der Waals surface area contributed by atoms with E-state index in [2.05, 4.69) is 10.3 Å². The third-order valence-electron chi connectivity index (χ3n) is 3.17. The van der Waals surface area contributed by atoms with Crippen molar-refractivity contribution in [3.05, 3.63) is 22.7 Å². The number of nitrogens with one attached hydrogen (secondary N) is 1. The van der Waals surface area contributed by atoms with Crippen molar-refractivity contribution in [2.75, 3.05) is 19.7 Å². The zero-order chi connectivity index (χ0) is 14.8. The number of rotatable bonds is 3. The molecule has 0 aromatic carbocycles. The molecule has 0 radical (unpaired) electrons. The van der Waals surface area contributed by atoms with Crippen LogP contribution in [0.2, 0.25) is 0 Å². The first-order valence-electron chi connectivity index (χ1n) is 6.95. The summed E-state index contributed by atoms with van der Waals surface area (Å²) in [5, 5.41) is 3.26. The maximum absolute atomic E-state index is 12.3. The number of ether oxygens (including phenoxy) is 2. The molecule has 1 aliphatic rings. The SMILES string of the molecule is CC1CNCC(COc2nccn(C(C)(C)C)c2=O)O1. The van der Waals surface area contributed by atoms with Crippen molar-refractivity contribution in [2.45, 2.75) is 45.4 Å². The van der Waals surface area contributed by atoms with Gasteiger partial charge in [0.1, 0.15) is 12.7 Å². The van der Waals surface area contributed by atoms with Gasteiger partial charge in [-0.15, -0.1) is 0 Å². The van der Waals surface area contributed by atoms with E-state index < -0.39 is 0 Å². The molecule has 0 saturated carbocycles. The highest BCUT2D eigenvalue weighted by molar-refractivity contribution is 5.06. The van der Waals surface area contributed by atoms with Crippen LogP contribution in [0.15, 0.2) is 17.2 Å². The third kappa shape index (κ3) is 3.58. The van der Waals surface area contributed by atoms with Crippen molar-refractivity contribution >= 4 is 0 Å². The summed E-state index contributed by atoms with van der Waals surface area (Å²) in [5.74, 6) is 0.129. The predicted molar refractivity (Wildman–Crippen MR) is 76.2 cm³/mol. The lowest BCUT2D eigenvalue weighted by atomic mass is 10.1. The van der Waals surface area contributed by atoms with E-state index in [0.29, 0.717) is 6.61 Å². The number of nitrogens with zero attached hydrogens (tertiary/aromatic N) is 2. The first-order chi connectivity index (χ1) is 9.38. The topological polar surface area (TPSA) is 65.4 Å². The van der Waals surface area contributed by atoms with Crippen molar-refractivity contribution in [2.24, 2.45) is 0 Å². The number of aromatic nitrogens is 2. The molecule has 1 aromatic heterocycles. The standard InChI is InChI=1S/C14H23N3O3/c1-10-7-15-8-11(20-10)9-19-12-13(18)17(6-5-16-12)14(2,3)4/h5-6,10-11,15H,7-9H2,1-4H3. The summed E-state index contributed by atoms with van der Waals surface area (Å²) in [6, 6.07) is 0. The van der Waals surface area contributed by atoms with Crippen LogP contribution in [0.4, 0.5) is 0 Å². The van der Waals surface area contributed by atoms with Crippen molar-refractivity contribution in [1.82, 2.24) is 14.9 Å². The molecule has 0 spiro atoms. The van der Waals surface area contributed by atoms with E-state index in [-0.39, 0.29) is 29.2 Å². The Hall–Kier alpha value is -1.40. The molecule has 2 heterocycles. The second-order valence-corrected chi connectivity index (χ2v) is 6.12. The molecule has 6 heteroatoms. The van der Waals surface area contributed by atoms with Crippen LogP contribution in [0.1, 0.15) is 27.7 Å². The highest BCUT2D eigenvalue weighted by atomic mass is 16.5. The average Bonchev–Trinajstić information content (AvgIpc) is 2.36. The molecule has 1 N–H and O–H groups in total. The molecule has 1 fully saturated rings. The first kappa shape index (κ1) is 15.0. The van der Waals surface area contributed by atoms with Crippen LogP contribution in [0.5, 0.6) is 5.88 Å². The van der Waals surface area contributed by atoms with Gasteiger partial charge < -0.3 is 19.4 Å². The van der Waals surface area contributed by atoms with Crippen LogP contribution >= 0.6 is 0 Å². The molecule has 0 aliphatic carbocycles. The average molecular weight is 281 g/mol. The summed E-state index contributed by atoms with van der Waals surface area (Å²) in [4.78, 5) is 16.3. The van der Waals surface area contributed by atoms with Crippen molar-refractivity contribution in [3.8, 4) is 5.88 Å². The second kappa shape index (κ2) is 5.93. The normalized spacial score (nSPS) is 23.6. The van der Waals surface area contributed by atoms with Crippen LogP contribution in [-0.4, -0.2) is 41.5 Å². The Morgan fingerprint density at radius 2 is 2.25 bits per heavy atom. The summed E-state index contributed by atoms with van der Waals surface area (Å²) < 4.78 is 12.9. The highest BCUT2D eigenvalue weighted by Crippen LogP contribution is 2.12. The van der Waals surface area contributed by atoms with Gasteiger partial charge in [0.05, 0.1) is 6.10 Å². The molecule has 1 saturated heterocycles. The Morgan fingerprint density at radius 1 is 1.50 bits per heavy atom. The Bertz CT molecular complexity index is 507. The lowest BCUT2D eigenvalue weighted by molar-refractivity contribution is -0.0479. The summed E-state index contributed by atoms with van der Waals surface area (Å²) in [6.45, 7) is 9.80.